The Balaban J connectivity index is 0.00000364. The summed E-state index contributed by atoms with van der Waals surface area (Å²) in [7, 11) is 6.69. The maximum absolute atomic E-state index is 5.34. The summed E-state index contributed by atoms with van der Waals surface area (Å²) in [6, 6.07) is 12.0. The molecule has 0 heterocycles. The lowest BCUT2D eigenvalue weighted by molar-refractivity contribution is 0.354. The number of ether oxygens (including phenoxy) is 3. The summed E-state index contributed by atoms with van der Waals surface area (Å²) in [5, 5.41) is 6.61. The second-order valence-corrected chi connectivity index (χ2v) is 5.77. The lowest BCUT2D eigenvalue weighted by Crippen LogP contribution is -2.36. The molecule has 27 heavy (non-hydrogen) atoms. The first-order valence-electron chi connectivity index (χ1n) is 8.40. The van der Waals surface area contributed by atoms with Crippen LogP contribution in [0.15, 0.2) is 41.4 Å². The van der Waals surface area contributed by atoms with Crippen LogP contribution in [0.1, 0.15) is 16.7 Å². The van der Waals surface area contributed by atoms with E-state index in [4.69, 9.17) is 14.2 Å². The van der Waals surface area contributed by atoms with Gasteiger partial charge in [0, 0.05) is 20.1 Å². The van der Waals surface area contributed by atoms with E-state index < -0.39 is 0 Å². The van der Waals surface area contributed by atoms with Crippen LogP contribution in [0, 0.1) is 6.92 Å². The highest BCUT2D eigenvalue weighted by molar-refractivity contribution is 14.0. The van der Waals surface area contributed by atoms with Gasteiger partial charge in [-0.15, -0.1) is 24.0 Å². The number of nitrogens with zero attached hydrogens (tertiary/aromatic N) is 1. The average Bonchev–Trinajstić information content (AvgIpc) is 2.68. The Kier molecular flexibility index (Phi) is 9.77. The molecule has 0 saturated heterocycles. The Morgan fingerprint density at radius 2 is 1.33 bits per heavy atom. The summed E-state index contributed by atoms with van der Waals surface area (Å²) in [6.45, 7) is 3.34. The van der Waals surface area contributed by atoms with E-state index in [9.17, 15) is 0 Å². The Labute approximate surface area is 178 Å². The molecule has 2 aromatic rings. The molecule has 0 radical (unpaired) electrons. The van der Waals surface area contributed by atoms with Gasteiger partial charge in [-0.25, -0.2) is 0 Å². The van der Waals surface area contributed by atoms with E-state index in [0.29, 0.717) is 24.6 Å². The molecule has 0 aliphatic heterocycles. The van der Waals surface area contributed by atoms with E-state index in [1.54, 1.807) is 28.4 Å². The van der Waals surface area contributed by atoms with Gasteiger partial charge in [-0.2, -0.15) is 0 Å². The molecule has 2 rings (SSSR count). The van der Waals surface area contributed by atoms with Crippen LogP contribution in [0.4, 0.5) is 0 Å². The van der Waals surface area contributed by atoms with Crippen molar-refractivity contribution in [1.82, 2.24) is 10.6 Å². The zero-order valence-electron chi connectivity index (χ0n) is 16.5. The van der Waals surface area contributed by atoms with Crippen molar-refractivity contribution in [1.29, 1.82) is 0 Å². The van der Waals surface area contributed by atoms with Gasteiger partial charge in [0.1, 0.15) is 5.75 Å². The highest BCUT2D eigenvalue weighted by atomic mass is 127. The van der Waals surface area contributed by atoms with E-state index in [-0.39, 0.29) is 24.0 Å². The molecule has 0 aromatic heterocycles. The third-order valence-electron chi connectivity index (χ3n) is 4.05. The maximum atomic E-state index is 5.34. The molecular weight excluding hydrogens is 457 g/mol. The third-order valence-corrected chi connectivity index (χ3v) is 4.05. The molecule has 0 saturated carbocycles. The predicted octanol–water partition coefficient (Wildman–Crippen LogP) is 3.50. The molecular formula is C20H28IN3O3. The largest absolute Gasteiger partial charge is 0.496 e. The van der Waals surface area contributed by atoms with Crippen molar-refractivity contribution in [2.45, 2.75) is 20.0 Å². The molecule has 7 heteroatoms. The number of aliphatic imine (C=N–C) groups is 1. The zero-order valence-corrected chi connectivity index (χ0v) is 18.8. The molecule has 0 aliphatic carbocycles. The number of methoxy groups -OCH3 is 3. The van der Waals surface area contributed by atoms with Gasteiger partial charge in [0.2, 0.25) is 0 Å². The number of hydrogen-bond donors (Lipinski definition) is 2. The molecule has 0 spiro atoms. The van der Waals surface area contributed by atoms with Gasteiger partial charge in [-0.1, -0.05) is 18.2 Å². The Morgan fingerprint density at radius 1 is 0.815 bits per heavy atom. The first kappa shape index (κ1) is 22.9. The molecule has 0 aliphatic rings. The summed E-state index contributed by atoms with van der Waals surface area (Å²) >= 11 is 0. The second-order valence-electron chi connectivity index (χ2n) is 5.77. The van der Waals surface area contributed by atoms with E-state index in [0.717, 1.165) is 28.4 Å². The molecule has 0 bridgehead atoms. The normalized spacial score (nSPS) is 10.6. The van der Waals surface area contributed by atoms with Crippen LogP contribution < -0.4 is 24.8 Å². The van der Waals surface area contributed by atoms with Crippen LogP contribution in [-0.2, 0) is 13.1 Å². The molecule has 0 unspecified atom stereocenters. The highest BCUT2D eigenvalue weighted by Crippen LogP contribution is 2.27. The number of guanidine groups is 1. The smallest absolute Gasteiger partial charge is 0.191 e. The Bertz CT molecular complexity index is 766. The fourth-order valence-corrected chi connectivity index (χ4v) is 2.63. The van der Waals surface area contributed by atoms with Crippen molar-refractivity contribution in [3.63, 3.8) is 0 Å². The highest BCUT2D eigenvalue weighted by Gasteiger charge is 2.06. The van der Waals surface area contributed by atoms with E-state index in [1.165, 1.54) is 0 Å². The summed E-state index contributed by atoms with van der Waals surface area (Å²) in [6.07, 6.45) is 0. The molecule has 2 aromatic carbocycles. The Hall–Kier alpha value is -2.16. The quantitative estimate of drug-likeness (QED) is 0.357. The predicted molar refractivity (Wildman–Crippen MR) is 120 cm³/mol. The van der Waals surface area contributed by atoms with Crippen molar-refractivity contribution >= 4 is 29.9 Å². The second kappa shape index (κ2) is 11.5. The summed E-state index contributed by atoms with van der Waals surface area (Å²) in [4.78, 5) is 4.26. The SMILES string of the molecule is CN=C(NCc1ccc(OC)c(C)c1)NCc1ccc(OC)c(OC)c1.I. The lowest BCUT2D eigenvalue weighted by Gasteiger charge is -2.14. The third kappa shape index (κ3) is 6.50. The fourth-order valence-electron chi connectivity index (χ4n) is 2.63. The topological polar surface area (TPSA) is 64.1 Å². The number of rotatable bonds is 7. The molecule has 0 atom stereocenters. The van der Waals surface area contributed by atoms with Crippen LogP contribution >= 0.6 is 24.0 Å². The number of nitrogens with one attached hydrogen (secondary N) is 2. The minimum absolute atomic E-state index is 0. The van der Waals surface area contributed by atoms with Crippen LogP contribution in [0.3, 0.4) is 0 Å². The fraction of sp³-hybridized carbons (Fsp3) is 0.350. The minimum atomic E-state index is 0. The summed E-state index contributed by atoms with van der Waals surface area (Å²) in [5.74, 6) is 3.05. The summed E-state index contributed by atoms with van der Waals surface area (Å²) < 4.78 is 15.9. The monoisotopic (exact) mass is 485 g/mol. The van der Waals surface area contributed by atoms with Gasteiger partial charge in [-0.05, 0) is 41.8 Å². The first-order chi connectivity index (χ1) is 12.6. The van der Waals surface area contributed by atoms with Crippen LogP contribution in [0.5, 0.6) is 17.2 Å². The molecule has 2 N–H and O–H groups in total. The van der Waals surface area contributed by atoms with E-state index in [2.05, 4.69) is 21.7 Å². The van der Waals surface area contributed by atoms with Crippen molar-refractivity contribution in [3.05, 3.63) is 53.1 Å². The molecule has 0 fully saturated rings. The van der Waals surface area contributed by atoms with Gasteiger partial charge in [0.25, 0.3) is 0 Å². The van der Waals surface area contributed by atoms with Gasteiger partial charge in [0.05, 0.1) is 21.3 Å². The standard InChI is InChI=1S/C20H27N3O3.HI/c1-14-10-15(6-8-17(14)24-3)12-22-20(21-2)23-13-16-7-9-18(25-4)19(11-16)26-5;/h6-11H,12-13H2,1-5H3,(H2,21,22,23);1H. The van der Waals surface area contributed by atoms with Crippen molar-refractivity contribution < 1.29 is 14.2 Å². The molecule has 6 nitrogen and oxygen atoms in total. The lowest BCUT2D eigenvalue weighted by atomic mass is 10.1. The molecule has 0 amide bonds. The average molecular weight is 485 g/mol. The van der Waals surface area contributed by atoms with Crippen molar-refractivity contribution in [2.75, 3.05) is 28.4 Å². The van der Waals surface area contributed by atoms with Crippen LogP contribution in [-0.4, -0.2) is 34.3 Å². The van der Waals surface area contributed by atoms with Gasteiger partial charge in [0.15, 0.2) is 17.5 Å². The van der Waals surface area contributed by atoms with Crippen molar-refractivity contribution in [3.8, 4) is 17.2 Å². The number of aryl methyl sites for hydroxylation is 1. The number of benzene rings is 2. The molecule has 148 valence electrons. The van der Waals surface area contributed by atoms with Crippen LogP contribution in [0.25, 0.3) is 0 Å². The van der Waals surface area contributed by atoms with E-state index >= 15 is 0 Å². The first-order valence-corrected chi connectivity index (χ1v) is 8.40. The summed E-state index contributed by atoms with van der Waals surface area (Å²) in [5.41, 5.74) is 3.35. The van der Waals surface area contributed by atoms with Gasteiger partial charge >= 0.3 is 0 Å². The van der Waals surface area contributed by atoms with Gasteiger partial charge in [-0.3, -0.25) is 4.99 Å². The Morgan fingerprint density at radius 3 is 1.81 bits per heavy atom. The number of hydrogen-bond acceptors (Lipinski definition) is 4. The maximum Gasteiger partial charge on any atom is 0.191 e. The minimum Gasteiger partial charge on any atom is -0.496 e. The van der Waals surface area contributed by atoms with Crippen molar-refractivity contribution in [2.24, 2.45) is 4.99 Å². The van der Waals surface area contributed by atoms with Gasteiger partial charge < -0.3 is 24.8 Å². The van der Waals surface area contributed by atoms with E-state index in [1.807, 2.05) is 37.3 Å². The van der Waals surface area contributed by atoms with Crippen LogP contribution in [0.2, 0.25) is 0 Å². The number of halogens is 1. The zero-order chi connectivity index (χ0) is 18.9.